The molecule has 0 bridgehead atoms. The lowest BCUT2D eigenvalue weighted by Gasteiger charge is -2.24. The summed E-state index contributed by atoms with van der Waals surface area (Å²) in [5.41, 5.74) is 4.25. The van der Waals surface area contributed by atoms with Crippen molar-refractivity contribution in [1.29, 1.82) is 0 Å². The summed E-state index contributed by atoms with van der Waals surface area (Å²) in [6.45, 7) is 10.3. The van der Waals surface area contributed by atoms with Gasteiger partial charge in [0.05, 0.1) is 31.5 Å². The second-order valence-electron chi connectivity index (χ2n) is 9.57. The number of nitrogens with zero attached hydrogens (tertiary/aromatic N) is 1. The van der Waals surface area contributed by atoms with Crippen molar-refractivity contribution in [3.8, 4) is 22.8 Å². The van der Waals surface area contributed by atoms with E-state index in [0.29, 0.717) is 6.61 Å². The van der Waals surface area contributed by atoms with Crippen LogP contribution in [0.1, 0.15) is 45.6 Å². The van der Waals surface area contributed by atoms with Gasteiger partial charge >= 0.3 is 5.97 Å². The van der Waals surface area contributed by atoms with Crippen LogP contribution in [0.4, 0.5) is 0 Å². The van der Waals surface area contributed by atoms with E-state index in [-0.39, 0.29) is 12.0 Å². The van der Waals surface area contributed by atoms with Gasteiger partial charge in [0.1, 0.15) is 11.5 Å². The number of hydrogen-bond acceptors (Lipinski definition) is 4. The standard InChI is InChI=1S/C29H37NO4/c1-7-9-10-11-21-12-15-24(27(16-21)32-6)26-17-22-13-14-23(18-25(22)30(26)5)33-19-29(3,4)20-34-28(31)8-2/h8,12-18H,2,7,9-11,19-20H2,1,3-6H3. The molecule has 0 atom stereocenters. The van der Waals surface area contributed by atoms with E-state index >= 15 is 0 Å². The number of esters is 1. The lowest BCUT2D eigenvalue weighted by atomic mass is 9.96. The van der Waals surface area contributed by atoms with Crippen molar-refractivity contribution in [2.45, 2.75) is 46.5 Å². The molecular formula is C29H37NO4. The van der Waals surface area contributed by atoms with Crippen LogP contribution < -0.4 is 9.47 Å². The van der Waals surface area contributed by atoms with Crippen LogP contribution in [0.25, 0.3) is 22.2 Å². The number of carbonyl (C=O) groups is 1. The van der Waals surface area contributed by atoms with Crippen LogP contribution in [-0.4, -0.2) is 30.9 Å². The van der Waals surface area contributed by atoms with Gasteiger partial charge in [0, 0.05) is 35.6 Å². The molecule has 0 N–H and O–H groups in total. The van der Waals surface area contributed by atoms with Gasteiger partial charge in [0.2, 0.25) is 0 Å². The summed E-state index contributed by atoms with van der Waals surface area (Å²) in [5, 5.41) is 1.14. The fourth-order valence-electron chi connectivity index (χ4n) is 3.99. The molecule has 1 heterocycles. The van der Waals surface area contributed by atoms with E-state index in [0.717, 1.165) is 40.1 Å². The first kappa shape index (κ1) is 25.4. The zero-order valence-electron chi connectivity index (χ0n) is 21.1. The van der Waals surface area contributed by atoms with Crippen molar-refractivity contribution in [2.24, 2.45) is 12.5 Å². The monoisotopic (exact) mass is 463 g/mol. The maximum atomic E-state index is 11.4. The molecule has 182 valence electrons. The number of ether oxygens (including phenoxy) is 3. The van der Waals surface area contributed by atoms with E-state index in [1.165, 1.54) is 30.9 Å². The Labute approximate surface area is 203 Å². The second kappa shape index (κ2) is 11.3. The van der Waals surface area contributed by atoms with Crippen molar-refractivity contribution in [2.75, 3.05) is 20.3 Å². The topological polar surface area (TPSA) is 49.7 Å². The summed E-state index contributed by atoms with van der Waals surface area (Å²) in [5.74, 6) is 1.25. The van der Waals surface area contributed by atoms with E-state index in [2.05, 4.69) is 61.5 Å². The Bertz CT molecular complexity index is 1140. The van der Waals surface area contributed by atoms with E-state index < -0.39 is 5.97 Å². The maximum absolute atomic E-state index is 11.4. The molecular weight excluding hydrogens is 426 g/mol. The molecule has 0 amide bonds. The van der Waals surface area contributed by atoms with Crippen LogP contribution in [0.2, 0.25) is 0 Å². The van der Waals surface area contributed by atoms with Crippen LogP contribution >= 0.6 is 0 Å². The van der Waals surface area contributed by atoms with Crippen molar-refractivity contribution in [1.82, 2.24) is 4.57 Å². The Balaban J connectivity index is 1.80. The van der Waals surface area contributed by atoms with Crippen LogP contribution in [0.15, 0.2) is 55.1 Å². The number of rotatable bonds is 12. The number of unbranched alkanes of at least 4 members (excludes halogenated alkanes) is 2. The van der Waals surface area contributed by atoms with Gasteiger partial charge in [0.15, 0.2) is 0 Å². The summed E-state index contributed by atoms with van der Waals surface area (Å²) >= 11 is 0. The Morgan fingerprint density at radius 3 is 2.59 bits per heavy atom. The molecule has 0 aliphatic heterocycles. The fraction of sp³-hybridized carbons (Fsp3) is 0.414. The summed E-state index contributed by atoms with van der Waals surface area (Å²) in [4.78, 5) is 11.4. The molecule has 5 nitrogen and oxygen atoms in total. The number of aromatic nitrogens is 1. The minimum Gasteiger partial charge on any atom is -0.496 e. The molecule has 3 rings (SSSR count). The third kappa shape index (κ3) is 6.22. The number of methoxy groups -OCH3 is 1. The van der Waals surface area contributed by atoms with E-state index in [9.17, 15) is 4.79 Å². The summed E-state index contributed by atoms with van der Waals surface area (Å²) in [6, 6.07) is 14.8. The molecule has 0 aliphatic rings. The van der Waals surface area contributed by atoms with Crippen LogP contribution in [0.3, 0.4) is 0 Å². The van der Waals surface area contributed by atoms with Gasteiger partial charge in [-0.1, -0.05) is 46.3 Å². The molecule has 1 aromatic heterocycles. The lowest BCUT2D eigenvalue weighted by Crippen LogP contribution is -2.28. The van der Waals surface area contributed by atoms with Gasteiger partial charge in [0.25, 0.3) is 0 Å². The molecule has 0 saturated heterocycles. The molecule has 34 heavy (non-hydrogen) atoms. The average Bonchev–Trinajstić information content (AvgIpc) is 3.17. The number of hydrogen-bond donors (Lipinski definition) is 0. The Morgan fingerprint density at radius 1 is 1.09 bits per heavy atom. The largest absolute Gasteiger partial charge is 0.496 e. The fourth-order valence-corrected chi connectivity index (χ4v) is 3.99. The molecule has 2 aromatic carbocycles. The summed E-state index contributed by atoms with van der Waals surface area (Å²) < 4.78 is 19.2. The molecule has 0 aliphatic carbocycles. The van der Waals surface area contributed by atoms with Gasteiger partial charge in [-0.25, -0.2) is 4.79 Å². The van der Waals surface area contributed by atoms with Crippen LogP contribution in [-0.2, 0) is 23.0 Å². The SMILES string of the molecule is C=CC(=O)OCC(C)(C)COc1ccc2cc(-c3ccc(CCCCC)cc3OC)n(C)c2c1. The highest BCUT2D eigenvalue weighted by Crippen LogP contribution is 2.36. The number of fused-ring (bicyclic) bond motifs is 1. The molecule has 3 aromatic rings. The van der Waals surface area contributed by atoms with Crippen molar-refractivity contribution in [3.05, 3.63) is 60.7 Å². The minimum absolute atomic E-state index is 0.267. The first-order chi connectivity index (χ1) is 16.3. The van der Waals surface area contributed by atoms with Crippen molar-refractivity contribution < 1.29 is 19.0 Å². The van der Waals surface area contributed by atoms with Crippen LogP contribution in [0, 0.1) is 5.41 Å². The molecule has 5 heteroatoms. The normalized spacial score (nSPS) is 11.4. The summed E-state index contributed by atoms with van der Waals surface area (Å²) in [6.07, 6.45) is 5.91. The highest BCUT2D eigenvalue weighted by molar-refractivity contribution is 5.89. The Kier molecular flexibility index (Phi) is 8.43. The van der Waals surface area contributed by atoms with Crippen molar-refractivity contribution >= 4 is 16.9 Å². The zero-order valence-corrected chi connectivity index (χ0v) is 21.1. The minimum atomic E-state index is -0.421. The number of benzene rings is 2. The second-order valence-corrected chi connectivity index (χ2v) is 9.57. The highest BCUT2D eigenvalue weighted by Gasteiger charge is 2.21. The van der Waals surface area contributed by atoms with E-state index in [1.54, 1.807) is 7.11 Å². The molecule has 0 saturated carbocycles. The molecule has 0 spiro atoms. The first-order valence-electron chi connectivity index (χ1n) is 12.0. The number of aryl methyl sites for hydroxylation is 2. The number of carbonyl (C=O) groups excluding carboxylic acids is 1. The quantitative estimate of drug-likeness (QED) is 0.170. The van der Waals surface area contributed by atoms with E-state index in [4.69, 9.17) is 14.2 Å². The average molecular weight is 464 g/mol. The third-order valence-corrected chi connectivity index (χ3v) is 6.03. The molecule has 0 fully saturated rings. The zero-order chi connectivity index (χ0) is 24.7. The predicted molar refractivity (Wildman–Crippen MR) is 139 cm³/mol. The van der Waals surface area contributed by atoms with E-state index in [1.807, 2.05) is 19.9 Å². The first-order valence-corrected chi connectivity index (χ1v) is 12.0. The third-order valence-electron chi connectivity index (χ3n) is 6.03. The van der Waals surface area contributed by atoms with Gasteiger partial charge in [-0.15, -0.1) is 0 Å². The highest BCUT2D eigenvalue weighted by atomic mass is 16.5. The smallest absolute Gasteiger partial charge is 0.330 e. The predicted octanol–water partition coefficient (Wildman–Crippen LogP) is 6.72. The van der Waals surface area contributed by atoms with Gasteiger partial charge in [-0.3, -0.25) is 0 Å². The molecule has 0 radical (unpaired) electrons. The van der Waals surface area contributed by atoms with Crippen molar-refractivity contribution in [3.63, 3.8) is 0 Å². The Morgan fingerprint density at radius 2 is 1.88 bits per heavy atom. The Hall–Kier alpha value is -3.21. The maximum Gasteiger partial charge on any atom is 0.330 e. The summed E-state index contributed by atoms with van der Waals surface area (Å²) in [7, 11) is 3.80. The van der Waals surface area contributed by atoms with Crippen LogP contribution in [0.5, 0.6) is 11.5 Å². The van der Waals surface area contributed by atoms with Gasteiger partial charge < -0.3 is 18.8 Å². The lowest BCUT2D eigenvalue weighted by molar-refractivity contribution is -0.141. The van der Waals surface area contributed by atoms with Gasteiger partial charge in [-0.2, -0.15) is 0 Å². The van der Waals surface area contributed by atoms with Gasteiger partial charge in [-0.05, 0) is 48.7 Å². The molecule has 0 unspecified atom stereocenters.